The number of benzene rings is 2. The van der Waals surface area contributed by atoms with Crippen molar-refractivity contribution in [2.45, 2.75) is 20.3 Å². The molecule has 0 bridgehead atoms. The average Bonchev–Trinajstić information content (AvgIpc) is 3.14. The molecule has 2 aromatic carbocycles. The summed E-state index contributed by atoms with van der Waals surface area (Å²) in [6.07, 6.45) is 1.59. The van der Waals surface area contributed by atoms with Crippen LogP contribution in [0.15, 0.2) is 60.1 Å². The highest BCUT2D eigenvalue weighted by Gasteiger charge is 2.32. The van der Waals surface area contributed by atoms with Crippen molar-refractivity contribution >= 4 is 33.9 Å². The number of thiazole rings is 1. The highest BCUT2D eigenvalue weighted by molar-refractivity contribution is 7.13. The predicted molar refractivity (Wildman–Crippen MR) is 108 cm³/mol. The number of carboxylic acids is 1. The second kappa shape index (κ2) is 7.72. The number of carbonyl (C=O) groups is 2. The van der Waals surface area contributed by atoms with Gasteiger partial charge in [0.2, 0.25) is 0 Å². The van der Waals surface area contributed by atoms with E-state index in [0.717, 1.165) is 11.1 Å². The minimum atomic E-state index is -1.15. The molecule has 0 unspecified atom stereocenters. The van der Waals surface area contributed by atoms with Crippen molar-refractivity contribution in [1.82, 2.24) is 4.98 Å². The van der Waals surface area contributed by atoms with Crippen LogP contribution in [0.2, 0.25) is 0 Å². The Kier molecular flexibility index (Phi) is 5.37. The second-order valence-electron chi connectivity index (χ2n) is 6.85. The summed E-state index contributed by atoms with van der Waals surface area (Å²) in [6.45, 7) is 3.12. The summed E-state index contributed by atoms with van der Waals surface area (Å²) in [6, 6.07) is 15.2. The predicted octanol–water partition coefficient (Wildman–Crippen LogP) is 5.24. The van der Waals surface area contributed by atoms with E-state index in [0.29, 0.717) is 16.4 Å². The number of aromatic nitrogens is 1. The maximum absolute atomic E-state index is 13.2. The number of hydrogen-bond donors (Lipinski definition) is 2. The third kappa shape index (κ3) is 4.23. The minimum Gasteiger partial charge on any atom is -0.481 e. The van der Waals surface area contributed by atoms with E-state index >= 15 is 0 Å². The lowest BCUT2D eigenvalue weighted by atomic mass is 9.83. The van der Waals surface area contributed by atoms with Gasteiger partial charge in [-0.15, -0.1) is 11.3 Å². The first-order valence-corrected chi connectivity index (χ1v) is 9.38. The zero-order chi connectivity index (χ0) is 19.4. The first kappa shape index (κ1) is 18.8. The monoisotopic (exact) mass is 380 g/mol. The summed E-state index contributed by atoms with van der Waals surface area (Å²) >= 11 is 1.43. The summed E-state index contributed by atoms with van der Waals surface area (Å²) in [5.74, 6) is -1.22. The quantitative estimate of drug-likeness (QED) is 0.548. The largest absolute Gasteiger partial charge is 0.481 e. The van der Waals surface area contributed by atoms with Gasteiger partial charge in [0.1, 0.15) is 0 Å². The molecule has 3 aromatic rings. The molecule has 1 aromatic heterocycles. The van der Waals surface area contributed by atoms with Gasteiger partial charge in [-0.1, -0.05) is 42.5 Å². The Balaban J connectivity index is 2.09. The minimum absolute atomic E-state index is 0.0985. The zero-order valence-electron chi connectivity index (χ0n) is 15.1. The van der Waals surface area contributed by atoms with Crippen molar-refractivity contribution in [1.29, 1.82) is 0 Å². The number of hydrogen-bond acceptors (Lipinski definition) is 5. The fraction of sp³-hybridized carbons (Fsp3) is 0.190. The molecule has 0 radical (unpaired) electrons. The van der Waals surface area contributed by atoms with Crippen LogP contribution in [0.1, 0.15) is 30.6 Å². The van der Waals surface area contributed by atoms with E-state index in [2.05, 4.69) is 10.3 Å². The Labute approximate surface area is 161 Å². The first-order valence-electron chi connectivity index (χ1n) is 8.50. The first-order chi connectivity index (χ1) is 12.9. The number of nitrogens with one attached hydrogen (secondary N) is 1. The van der Waals surface area contributed by atoms with Gasteiger partial charge in [0.15, 0.2) is 10.9 Å². The van der Waals surface area contributed by atoms with Crippen LogP contribution in [0.4, 0.5) is 10.8 Å². The molecule has 27 heavy (non-hydrogen) atoms. The molecular formula is C21H20N2O3S. The molecule has 0 aliphatic rings. The number of nitrogens with zero attached hydrogens (tertiary/aromatic N) is 1. The highest BCUT2D eigenvalue weighted by Crippen LogP contribution is 2.35. The SMILES string of the molecule is CC(C)(CC(=O)c1c(Nc2nccs2)cccc1-c1ccccc1)C(=O)O. The fourth-order valence-electron chi connectivity index (χ4n) is 2.78. The van der Waals surface area contributed by atoms with E-state index in [9.17, 15) is 14.7 Å². The van der Waals surface area contributed by atoms with Gasteiger partial charge in [-0.05, 0) is 31.0 Å². The summed E-state index contributed by atoms with van der Waals surface area (Å²) in [5.41, 5.74) is 1.62. The van der Waals surface area contributed by atoms with Crippen molar-refractivity contribution in [2.75, 3.05) is 5.32 Å². The Hall–Kier alpha value is -2.99. The zero-order valence-corrected chi connectivity index (χ0v) is 15.9. The number of ketones is 1. The molecule has 0 fully saturated rings. The number of rotatable bonds is 7. The van der Waals surface area contributed by atoms with E-state index in [1.807, 2.05) is 53.9 Å². The van der Waals surface area contributed by atoms with Gasteiger partial charge in [0, 0.05) is 23.6 Å². The van der Waals surface area contributed by atoms with Crippen molar-refractivity contribution in [3.8, 4) is 11.1 Å². The van der Waals surface area contributed by atoms with Crippen LogP contribution in [0, 0.1) is 5.41 Å². The molecule has 5 nitrogen and oxygen atoms in total. The Bertz CT molecular complexity index is 951. The molecule has 138 valence electrons. The van der Waals surface area contributed by atoms with Gasteiger partial charge in [-0.25, -0.2) is 4.98 Å². The van der Waals surface area contributed by atoms with Gasteiger partial charge in [-0.2, -0.15) is 0 Å². The van der Waals surface area contributed by atoms with E-state index in [-0.39, 0.29) is 12.2 Å². The van der Waals surface area contributed by atoms with Crippen LogP contribution in [-0.4, -0.2) is 21.8 Å². The van der Waals surface area contributed by atoms with Crippen LogP contribution in [0.5, 0.6) is 0 Å². The lowest BCUT2D eigenvalue weighted by Crippen LogP contribution is -2.27. The molecule has 1 heterocycles. The molecule has 6 heteroatoms. The molecule has 0 atom stereocenters. The third-order valence-corrected chi connectivity index (χ3v) is 4.97. The van der Waals surface area contributed by atoms with Crippen LogP contribution >= 0.6 is 11.3 Å². The van der Waals surface area contributed by atoms with Crippen LogP contribution in [0.25, 0.3) is 11.1 Å². The summed E-state index contributed by atoms with van der Waals surface area (Å²) in [7, 11) is 0. The molecule has 0 saturated heterocycles. The highest BCUT2D eigenvalue weighted by atomic mass is 32.1. The van der Waals surface area contributed by atoms with Gasteiger partial charge in [0.05, 0.1) is 11.1 Å². The van der Waals surface area contributed by atoms with Crippen molar-refractivity contribution in [2.24, 2.45) is 5.41 Å². The van der Waals surface area contributed by atoms with Crippen molar-refractivity contribution < 1.29 is 14.7 Å². The molecule has 2 N–H and O–H groups in total. The normalized spacial score (nSPS) is 11.2. The number of anilines is 2. The van der Waals surface area contributed by atoms with E-state index in [1.165, 1.54) is 11.3 Å². The second-order valence-corrected chi connectivity index (χ2v) is 7.74. The Morgan fingerprint density at radius 1 is 1.11 bits per heavy atom. The van der Waals surface area contributed by atoms with Gasteiger partial charge in [0.25, 0.3) is 0 Å². The smallest absolute Gasteiger partial charge is 0.309 e. The maximum atomic E-state index is 13.2. The van der Waals surface area contributed by atoms with Crippen LogP contribution < -0.4 is 5.32 Å². The Morgan fingerprint density at radius 3 is 2.48 bits per heavy atom. The molecule has 0 aliphatic carbocycles. The number of carboxylic acid groups (broad SMARTS) is 1. The summed E-state index contributed by atoms with van der Waals surface area (Å²) < 4.78 is 0. The molecule has 3 rings (SSSR count). The molecule has 0 saturated carbocycles. The van der Waals surface area contributed by atoms with Crippen molar-refractivity contribution in [3.63, 3.8) is 0 Å². The lowest BCUT2D eigenvalue weighted by Gasteiger charge is -2.21. The number of Topliss-reactive ketones (excluding diaryl/α,β-unsaturated/α-hetero) is 1. The Morgan fingerprint density at radius 2 is 1.85 bits per heavy atom. The van der Waals surface area contributed by atoms with E-state index in [4.69, 9.17) is 0 Å². The molecular weight excluding hydrogens is 360 g/mol. The van der Waals surface area contributed by atoms with Gasteiger partial charge >= 0.3 is 5.97 Å². The molecule has 0 aliphatic heterocycles. The number of aliphatic carboxylic acids is 1. The lowest BCUT2D eigenvalue weighted by molar-refractivity contribution is -0.146. The van der Waals surface area contributed by atoms with Crippen LogP contribution in [0.3, 0.4) is 0 Å². The number of carbonyl (C=O) groups excluding carboxylic acids is 1. The van der Waals surface area contributed by atoms with Crippen molar-refractivity contribution in [3.05, 3.63) is 65.7 Å². The molecule has 0 spiro atoms. The average molecular weight is 380 g/mol. The standard InChI is InChI=1S/C21H20N2O3S/c1-21(2,19(25)26)13-17(24)18-15(14-7-4-3-5-8-14)9-6-10-16(18)23-20-22-11-12-27-20/h3-12H,13H2,1-2H3,(H,22,23)(H,25,26). The topological polar surface area (TPSA) is 79.3 Å². The molecule has 0 amide bonds. The van der Waals surface area contributed by atoms with E-state index in [1.54, 1.807) is 20.0 Å². The third-order valence-electron chi connectivity index (χ3n) is 4.28. The van der Waals surface area contributed by atoms with Gasteiger partial charge in [-0.3, -0.25) is 9.59 Å². The van der Waals surface area contributed by atoms with E-state index < -0.39 is 11.4 Å². The van der Waals surface area contributed by atoms with Crippen LogP contribution in [-0.2, 0) is 4.79 Å². The maximum Gasteiger partial charge on any atom is 0.309 e. The summed E-state index contributed by atoms with van der Waals surface area (Å²) in [5, 5.41) is 15.1. The summed E-state index contributed by atoms with van der Waals surface area (Å²) in [4.78, 5) is 28.9. The van der Waals surface area contributed by atoms with Gasteiger partial charge < -0.3 is 10.4 Å². The fourth-order valence-corrected chi connectivity index (χ4v) is 3.32.